The molecule has 2 N–H and O–H groups in total. The summed E-state index contributed by atoms with van der Waals surface area (Å²) in [6.07, 6.45) is 9.71. The number of methoxy groups -OCH3 is 1. The van der Waals surface area contributed by atoms with Gasteiger partial charge >= 0.3 is 0 Å². The first-order valence-corrected chi connectivity index (χ1v) is 8.02. The number of halogens is 1. The summed E-state index contributed by atoms with van der Waals surface area (Å²) in [5, 5.41) is 5.23. The molecule has 0 bridgehead atoms. The van der Waals surface area contributed by atoms with Crippen molar-refractivity contribution in [1.29, 1.82) is 0 Å². The van der Waals surface area contributed by atoms with Crippen LogP contribution in [0.3, 0.4) is 0 Å². The molecule has 6 nitrogen and oxygen atoms in total. The fraction of sp³-hybridized carbons (Fsp3) is 0.375. The summed E-state index contributed by atoms with van der Waals surface area (Å²) in [6, 6.07) is 0. The number of fused-ring (bicyclic) bond motifs is 2. The lowest BCUT2D eigenvalue weighted by molar-refractivity contribution is 0.140. The molecule has 2 aromatic rings. The number of ether oxygens (including phenoxy) is 1. The number of rotatable bonds is 3. The van der Waals surface area contributed by atoms with E-state index in [9.17, 15) is 0 Å². The topological polar surface area (TPSA) is 67.2 Å². The maximum atomic E-state index is 6.14. The molecule has 2 aromatic heterocycles. The molecule has 3 heterocycles. The molecule has 1 aliphatic heterocycles. The third-order valence-corrected chi connectivity index (χ3v) is 4.57. The Morgan fingerprint density at radius 2 is 2.35 bits per heavy atom. The molecular weight excluding hydrogens is 314 g/mol. The van der Waals surface area contributed by atoms with Gasteiger partial charge in [0.15, 0.2) is 0 Å². The molecule has 2 unspecified atom stereocenters. The van der Waals surface area contributed by atoms with Crippen molar-refractivity contribution in [3.05, 3.63) is 34.4 Å². The highest BCUT2D eigenvalue weighted by Crippen LogP contribution is 2.24. The Kier molecular flexibility index (Phi) is 3.50. The second kappa shape index (κ2) is 5.54. The average Bonchev–Trinajstić information content (AvgIpc) is 3.09. The Morgan fingerprint density at radius 3 is 3.17 bits per heavy atom. The number of anilines is 2. The second-order valence-corrected chi connectivity index (χ2v) is 6.26. The van der Waals surface area contributed by atoms with E-state index in [1.807, 2.05) is 17.8 Å². The molecule has 0 saturated heterocycles. The van der Waals surface area contributed by atoms with E-state index in [1.54, 1.807) is 7.11 Å². The van der Waals surface area contributed by atoms with Crippen molar-refractivity contribution in [2.75, 3.05) is 12.4 Å². The zero-order chi connectivity index (χ0) is 16.0. The normalized spacial score (nSPS) is 22.0. The molecule has 0 saturated carbocycles. The Balaban J connectivity index is 1.70. The number of nitrogens with one attached hydrogen (secondary N) is 2. The summed E-state index contributed by atoms with van der Waals surface area (Å²) in [5.41, 5.74) is 2.81. The lowest BCUT2D eigenvalue weighted by Gasteiger charge is -2.14. The van der Waals surface area contributed by atoms with Gasteiger partial charge in [-0.2, -0.15) is 0 Å². The summed E-state index contributed by atoms with van der Waals surface area (Å²) >= 11 is 6.14. The van der Waals surface area contributed by atoms with Crippen molar-refractivity contribution in [3.63, 3.8) is 0 Å². The van der Waals surface area contributed by atoms with Gasteiger partial charge in [-0.25, -0.2) is 4.98 Å². The first-order valence-electron chi connectivity index (χ1n) is 7.59. The molecule has 7 heteroatoms. The van der Waals surface area contributed by atoms with Crippen LogP contribution in [0.1, 0.15) is 17.8 Å². The van der Waals surface area contributed by atoms with Gasteiger partial charge in [0.05, 0.1) is 28.5 Å². The number of H-pyrrole nitrogens is 1. The third-order valence-electron chi connectivity index (χ3n) is 4.30. The van der Waals surface area contributed by atoms with E-state index in [2.05, 4.69) is 33.5 Å². The van der Waals surface area contributed by atoms with Crippen molar-refractivity contribution < 1.29 is 4.74 Å². The van der Waals surface area contributed by atoms with Crippen LogP contribution in [-0.2, 0) is 18.2 Å². The summed E-state index contributed by atoms with van der Waals surface area (Å²) < 4.78 is 7.44. The molecule has 0 fully saturated rings. The monoisotopic (exact) mass is 331 g/mol. The summed E-state index contributed by atoms with van der Waals surface area (Å²) in [5.74, 6) is 0.782. The maximum absolute atomic E-state index is 6.14. The van der Waals surface area contributed by atoms with E-state index in [0.29, 0.717) is 0 Å². The maximum Gasteiger partial charge on any atom is 0.207 e. The molecule has 1 aliphatic carbocycles. The SMILES string of the molecule is COC1C=Cc2c(nc(Nc3c[nH]c4c3=NC(Cl)CC=4)n2C)C1. The van der Waals surface area contributed by atoms with E-state index in [1.165, 1.54) is 0 Å². The third kappa shape index (κ3) is 2.48. The molecule has 0 radical (unpaired) electrons. The summed E-state index contributed by atoms with van der Waals surface area (Å²) in [7, 11) is 3.72. The van der Waals surface area contributed by atoms with Gasteiger partial charge in [-0.05, 0) is 6.08 Å². The molecule has 120 valence electrons. The number of alkyl halides is 1. The first-order chi connectivity index (χ1) is 11.2. The molecule has 0 aromatic carbocycles. The molecule has 2 aliphatic rings. The minimum atomic E-state index is -0.209. The van der Waals surface area contributed by atoms with Crippen LogP contribution in [0.15, 0.2) is 17.3 Å². The minimum Gasteiger partial charge on any atom is -0.377 e. The van der Waals surface area contributed by atoms with E-state index >= 15 is 0 Å². The number of aromatic nitrogens is 3. The van der Waals surface area contributed by atoms with Gasteiger partial charge in [-0.15, -0.1) is 0 Å². The fourth-order valence-corrected chi connectivity index (χ4v) is 3.19. The zero-order valence-corrected chi connectivity index (χ0v) is 13.8. The van der Waals surface area contributed by atoms with Gasteiger partial charge < -0.3 is 19.6 Å². The van der Waals surface area contributed by atoms with Gasteiger partial charge in [-0.1, -0.05) is 23.8 Å². The lowest BCUT2D eigenvalue weighted by Crippen LogP contribution is -2.29. The van der Waals surface area contributed by atoms with Gasteiger partial charge in [-0.3, -0.25) is 4.99 Å². The number of aromatic amines is 1. The lowest BCUT2D eigenvalue weighted by atomic mass is 10.1. The molecule has 0 spiro atoms. The largest absolute Gasteiger partial charge is 0.377 e. The van der Waals surface area contributed by atoms with Crippen LogP contribution in [0, 0.1) is 0 Å². The van der Waals surface area contributed by atoms with E-state index in [-0.39, 0.29) is 11.6 Å². The Labute approximate surface area is 138 Å². The second-order valence-electron chi connectivity index (χ2n) is 5.76. The van der Waals surface area contributed by atoms with Gasteiger partial charge in [0.2, 0.25) is 5.95 Å². The van der Waals surface area contributed by atoms with Gasteiger partial charge in [0.1, 0.15) is 10.9 Å². The van der Waals surface area contributed by atoms with Crippen LogP contribution >= 0.6 is 11.6 Å². The van der Waals surface area contributed by atoms with Crippen LogP contribution in [0.5, 0.6) is 0 Å². The smallest absolute Gasteiger partial charge is 0.207 e. The molecule has 2 atom stereocenters. The Morgan fingerprint density at radius 1 is 1.48 bits per heavy atom. The Bertz CT molecular complexity index is 894. The zero-order valence-electron chi connectivity index (χ0n) is 13.0. The van der Waals surface area contributed by atoms with Crippen molar-refractivity contribution in [2.24, 2.45) is 12.0 Å². The fourth-order valence-electron chi connectivity index (χ4n) is 3.01. The van der Waals surface area contributed by atoms with Crippen LogP contribution in [0.25, 0.3) is 12.2 Å². The van der Waals surface area contributed by atoms with Gasteiger partial charge in [0.25, 0.3) is 0 Å². The van der Waals surface area contributed by atoms with Gasteiger partial charge in [0, 0.05) is 33.2 Å². The van der Waals surface area contributed by atoms with Crippen molar-refractivity contribution in [2.45, 2.75) is 24.4 Å². The van der Waals surface area contributed by atoms with Crippen LogP contribution in [-0.4, -0.2) is 33.2 Å². The van der Waals surface area contributed by atoms with E-state index in [0.717, 1.165) is 46.6 Å². The highest BCUT2D eigenvalue weighted by molar-refractivity contribution is 6.20. The van der Waals surface area contributed by atoms with Crippen LogP contribution in [0.4, 0.5) is 11.6 Å². The number of hydrogen-bond donors (Lipinski definition) is 2. The highest BCUT2D eigenvalue weighted by atomic mass is 35.5. The number of imidazole rings is 1. The first kappa shape index (κ1) is 14.5. The minimum absolute atomic E-state index is 0.0897. The highest BCUT2D eigenvalue weighted by Gasteiger charge is 2.20. The predicted molar refractivity (Wildman–Crippen MR) is 90.3 cm³/mol. The molecular formula is C16H18ClN5O. The van der Waals surface area contributed by atoms with E-state index < -0.39 is 0 Å². The summed E-state index contributed by atoms with van der Waals surface area (Å²) in [6.45, 7) is 0. The van der Waals surface area contributed by atoms with Crippen molar-refractivity contribution in [3.8, 4) is 0 Å². The molecule has 23 heavy (non-hydrogen) atoms. The average molecular weight is 332 g/mol. The van der Waals surface area contributed by atoms with E-state index in [4.69, 9.17) is 21.3 Å². The van der Waals surface area contributed by atoms with Crippen molar-refractivity contribution >= 4 is 35.4 Å². The standard InChI is InChI=1S/C16H18ClN5O/c1-22-13-5-3-9(23-2)7-11(13)19-16(22)20-12-8-18-10-4-6-14(17)21-15(10)12/h3-5,8-9,14,18H,6-7H2,1-2H3,(H,19,20). The molecule has 0 amide bonds. The predicted octanol–water partition coefficient (Wildman–Crippen LogP) is 1.44. The Hall–Kier alpha value is -2.05. The quantitative estimate of drug-likeness (QED) is 0.660. The van der Waals surface area contributed by atoms with Crippen molar-refractivity contribution in [1.82, 2.24) is 14.5 Å². The molecule has 4 rings (SSSR count). The van der Waals surface area contributed by atoms with Crippen LogP contribution in [0.2, 0.25) is 0 Å². The number of nitrogens with zero attached hydrogens (tertiary/aromatic N) is 3. The number of hydrogen-bond acceptors (Lipinski definition) is 4. The van der Waals surface area contributed by atoms with Crippen LogP contribution < -0.4 is 16.0 Å². The summed E-state index contributed by atoms with van der Waals surface area (Å²) in [4.78, 5) is 12.4.